The van der Waals surface area contributed by atoms with Crippen LogP contribution >= 0.6 is 11.3 Å². The van der Waals surface area contributed by atoms with Crippen LogP contribution in [-0.2, 0) is 0 Å². The van der Waals surface area contributed by atoms with E-state index in [-0.39, 0.29) is 5.56 Å². The minimum atomic E-state index is -1.11. The number of aromatic nitrogens is 1. The maximum atomic E-state index is 13.3. The molecule has 3 aromatic rings. The number of nitrogens with zero attached hydrogens (tertiary/aromatic N) is 1. The predicted octanol–water partition coefficient (Wildman–Crippen LogP) is 4.18. The Balaban J connectivity index is 1.93. The first-order chi connectivity index (χ1) is 11.1. The molecule has 1 aromatic heterocycles. The molecule has 0 bridgehead atoms. The van der Waals surface area contributed by atoms with E-state index in [4.69, 9.17) is 4.74 Å². The summed E-state index contributed by atoms with van der Waals surface area (Å²) in [6.45, 7) is 0. The van der Waals surface area contributed by atoms with Gasteiger partial charge in [0.1, 0.15) is 16.9 Å². The highest BCUT2D eigenvalue weighted by Crippen LogP contribution is 2.33. The van der Waals surface area contributed by atoms with Crippen molar-refractivity contribution in [2.24, 2.45) is 0 Å². The van der Waals surface area contributed by atoms with Gasteiger partial charge in [0.05, 0.1) is 12.8 Å². The molecule has 0 amide bonds. The lowest BCUT2D eigenvalue weighted by Crippen LogP contribution is -2.00. The van der Waals surface area contributed by atoms with E-state index in [1.54, 1.807) is 12.5 Å². The van der Waals surface area contributed by atoms with E-state index in [1.165, 1.54) is 17.4 Å². The summed E-state index contributed by atoms with van der Waals surface area (Å²) in [5.41, 5.74) is 1.71. The molecule has 3 nitrogen and oxygen atoms in total. The SMILES string of the molecule is COc1ccccc1-c1csc(C(O)c2ccc(F)c(F)c2)n1. The number of para-hydroxylation sites is 1. The molecular formula is C17H13F2NO2S. The quantitative estimate of drug-likeness (QED) is 0.779. The third-order valence-electron chi connectivity index (χ3n) is 3.40. The highest BCUT2D eigenvalue weighted by Gasteiger charge is 2.18. The number of hydrogen-bond donors (Lipinski definition) is 1. The van der Waals surface area contributed by atoms with Gasteiger partial charge in [-0.2, -0.15) is 0 Å². The van der Waals surface area contributed by atoms with E-state index in [1.807, 2.05) is 24.3 Å². The summed E-state index contributed by atoms with van der Waals surface area (Å²) in [6.07, 6.45) is -1.11. The molecule has 6 heteroatoms. The third kappa shape index (κ3) is 3.09. The third-order valence-corrected chi connectivity index (χ3v) is 4.30. The van der Waals surface area contributed by atoms with E-state index in [9.17, 15) is 13.9 Å². The van der Waals surface area contributed by atoms with Crippen molar-refractivity contribution in [1.82, 2.24) is 4.98 Å². The topological polar surface area (TPSA) is 42.4 Å². The number of thiazole rings is 1. The zero-order valence-corrected chi connectivity index (χ0v) is 13.0. The van der Waals surface area contributed by atoms with Crippen LogP contribution in [0.1, 0.15) is 16.7 Å². The van der Waals surface area contributed by atoms with Crippen LogP contribution < -0.4 is 4.74 Å². The Kier molecular flexibility index (Phi) is 4.36. The average Bonchev–Trinajstić information content (AvgIpc) is 3.06. The molecule has 3 rings (SSSR count). The number of benzene rings is 2. The van der Waals surface area contributed by atoms with Crippen molar-refractivity contribution in [3.8, 4) is 17.0 Å². The number of methoxy groups -OCH3 is 1. The highest BCUT2D eigenvalue weighted by atomic mass is 32.1. The van der Waals surface area contributed by atoms with Crippen molar-refractivity contribution in [2.45, 2.75) is 6.10 Å². The van der Waals surface area contributed by atoms with Gasteiger partial charge >= 0.3 is 0 Å². The Morgan fingerprint density at radius 3 is 2.65 bits per heavy atom. The standard InChI is InChI=1S/C17H13F2NO2S/c1-22-15-5-3-2-4-11(15)14-9-23-17(20-14)16(21)10-6-7-12(18)13(19)8-10/h2-9,16,21H,1H3. The van der Waals surface area contributed by atoms with E-state index in [2.05, 4.69) is 4.98 Å². The summed E-state index contributed by atoms with van der Waals surface area (Å²) < 4.78 is 31.6. The fourth-order valence-electron chi connectivity index (χ4n) is 2.22. The molecule has 118 valence electrons. The van der Waals surface area contributed by atoms with Gasteiger partial charge in [0.25, 0.3) is 0 Å². The number of hydrogen-bond acceptors (Lipinski definition) is 4. The van der Waals surface area contributed by atoms with Gasteiger partial charge in [0, 0.05) is 10.9 Å². The van der Waals surface area contributed by atoms with Crippen LogP contribution in [0.3, 0.4) is 0 Å². The Bertz CT molecular complexity index is 835. The van der Waals surface area contributed by atoms with Gasteiger partial charge in [-0.3, -0.25) is 0 Å². The van der Waals surface area contributed by atoms with Crippen LogP contribution in [0.4, 0.5) is 8.78 Å². The second-order valence-electron chi connectivity index (χ2n) is 4.85. The van der Waals surface area contributed by atoms with Crippen molar-refractivity contribution in [3.63, 3.8) is 0 Å². The molecule has 0 aliphatic carbocycles. The Morgan fingerprint density at radius 1 is 1.13 bits per heavy atom. The van der Waals surface area contributed by atoms with Gasteiger partial charge in [0.15, 0.2) is 11.6 Å². The fraction of sp³-hybridized carbons (Fsp3) is 0.118. The van der Waals surface area contributed by atoms with E-state index < -0.39 is 17.7 Å². The van der Waals surface area contributed by atoms with Gasteiger partial charge in [-0.1, -0.05) is 18.2 Å². The van der Waals surface area contributed by atoms with Crippen molar-refractivity contribution < 1.29 is 18.6 Å². The van der Waals surface area contributed by atoms with E-state index in [0.29, 0.717) is 16.5 Å². The molecule has 0 aliphatic rings. The summed E-state index contributed by atoms with van der Waals surface area (Å²) in [5, 5.41) is 12.5. The van der Waals surface area contributed by atoms with Crippen LogP contribution in [-0.4, -0.2) is 17.2 Å². The number of aliphatic hydroxyl groups is 1. The minimum Gasteiger partial charge on any atom is -0.496 e. The van der Waals surface area contributed by atoms with E-state index >= 15 is 0 Å². The first-order valence-corrected chi connectivity index (χ1v) is 7.70. The molecule has 1 atom stereocenters. The zero-order chi connectivity index (χ0) is 16.4. The normalized spacial score (nSPS) is 12.2. The van der Waals surface area contributed by atoms with Gasteiger partial charge in [-0.25, -0.2) is 13.8 Å². The molecule has 1 unspecified atom stereocenters. The monoisotopic (exact) mass is 333 g/mol. The molecule has 2 aromatic carbocycles. The first kappa shape index (κ1) is 15.6. The number of halogens is 2. The maximum absolute atomic E-state index is 13.3. The minimum absolute atomic E-state index is 0.254. The Hall–Kier alpha value is -2.31. The molecule has 0 aliphatic heterocycles. The van der Waals surface area contributed by atoms with Gasteiger partial charge < -0.3 is 9.84 Å². The van der Waals surface area contributed by atoms with Crippen LogP contribution in [0.5, 0.6) is 5.75 Å². The van der Waals surface area contributed by atoms with Crippen molar-refractivity contribution in [2.75, 3.05) is 7.11 Å². The molecule has 0 radical (unpaired) electrons. The number of rotatable bonds is 4. The number of ether oxygens (including phenoxy) is 1. The van der Waals surface area contributed by atoms with Crippen LogP contribution in [0.2, 0.25) is 0 Å². The van der Waals surface area contributed by atoms with Gasteiger partial charge in [0.2, 0.25) is 0 Å². The molecule has 23 heavy (non-hydrogen) atoms. The lowest BCUT2D eigenvalue weighted by atomic mass is 10.1. The lowest BCUT2D eigenvalue weighted by Gasteiger charge is -2.08. The van der Waals surface area contributed by atoms with Crippen LogP contribution in [0.15, 0.2) is 47.8 Å². The molecule has 0 saturated carbocycles. The largest absolute Gasteiger partial charge is 0.496 e. The van der Waals surface area contributed by atoms with Gasteiger partial charge in [-0.05, 0) is 29.8 Å². The second-order valence-corrected chi connectivity index (χ2v) is 5.74. The Labute approximate surface area is 135 Å². The van der Waals surface area contributed by atoms with Crippen molar-refractivity contribution >= 4 is 11.3 Å². The smallest absolute Gasteiger partial charge is 0.159 e. The summed E-state index contributed by atoms with van der Waals surface area (Å²) in [4.78, 5) is 4.39. The summed E-state index contributed by atoms with van der Waals surface area (Å²) >= 11 is 1.24. The van der Waals surface area contributed by atoms with Crippen molar-refractivity contribution in [3.05, 3.63) is 70.1 Å². The summed E-state index contributed by atoms with van der Waals surface area (Å²) in [5.74, 6) is -1.27. The molecule has 0 fully saturated rings. The predicted molar refractivity (Wildman–Crippen MR) is 84.5 cm³/mol. The molecule has 1 heterocycles. The van der Waals surface area contributed by atoms with Crippen LogP contribution in [0.25, 0.3) is 11.3 Å². The molecule has 0 saturated heterocycles. The summed E-state index contributed by atoms with van der Waals surface area (Å²) in [6, 6.07) is 10.7. The lowest BCUT2D eigenvalue weighted by molar-refractivity contribution is 0.219. The van der Waals surface area contributed by atoms with Crippen LogP contribution in [0, 0.1) is 11.6 Å². The molecular weight excluding hydrogens is 320 g/mol. The van der Waals surface area contributed by atoms with Crippen molar-refractivity contribution in [1.29, 1.82) is 0 Å². The number of aliphatic hydroxyl groups excluding tert-OH is 1. The Morgan fingerprint density at radius 2 is 1.91 bits per heavy atom. The van der Waals surface area contributed by atoms with E-state index in [0.717, 1.165) is 17.7 Å². The second kappa shape index (κ2) is 6.44. The maximum Gasteiger partial charge on any atom is 0.159 e. The molecule has 0 spiro atoms. The summed E-state index contributed by atoms with van der Waals surface area (Å²) in [7, 11) is 1.57. The molecule has 1 N–H and O–H groups in total. The average molecular weight is 333 g/mol. The fourth-order valence-corrected chi connectivity index (χ4v) is 3.05. The van der Waals surface area contributed by atoms with Gasteiger partial charge in [-0.15, -0.1) is 11.3 Å². The zero-order valence-electron chi connectivity index (χ0n) is 12.2. The first-order valence-electron chi connectivity index (χ1n) is 6.82. The highest BCUT2D eigenvalue weighted by molar-refractivity contribution is 7.10.